The minimum Gasteiger partial charge on any atom is -0.493 e. The monoisotopic (exact) mass is 365 g/mol. The summed E-state index contributed by atoms with van der Waals surface area (Å²) in [6, 6.07) is 3.18. The lowest BCUT2D eigenvalue weighted by Crippen LogP contribution is -2.32. The Bertz CT molecular complexity index is 588. The van der Waals surface area contributed by atoms with E-state index in [0.29, 0.717) is 36.1 Å². The van der Waals surface area contributed by atoms with Gasteiger partial charge in [-0.3, -0.25) is 15.0 Å². The molecular formula is C19H31N3O4. The first-order valence-electron chi connectivity index (χ1n) is 9.40. The Morgan fingerprint density at radius 2 is 1.85 bits per heavy atom. The van der Waals surface area contributed by atoms with Crippen LogP contribution in [0, 0.1) is 16.0 Å². The summed E-state index contributed by atoms with van der Waals surface area (Å²) in [5.41, 5.74) is 6.42. The number of ether oxygens (including phenoxy) is 2. The van der Waals surface area contributed by atoms with Crippen molar-refractivity contribution in [1.29, 1.82) is 0 Å². The summed E-state index contributed by atoms with van der Waals surface area (Å²) < 4.78 is 10.6. The highest BCUT2D eigenvalue weighted by Gasteiger charge is 2.23. The first kappa shape index (κ1) is 20.5. The van der Waals surface area contributed by atoms with Crippen LogP contribution in [0.5, 0.6) is 11.5 Å². The lowest BCUT2D eigenvalue weighted by molar-refractivity contribution is -0.385. The van der Waals surface area contributed by atoms with Gasteiger partial charge in [-0.1, -0.05) is 19.3 Å². The third-order valence-corrected chi connectivity index (χ3v) is 5.10. The zero-order valence-electron chi connectivity index (χ0n) is 15.9. The molecule has 1 saturated carbocycles. The minimum absolute atomic E-state index is 0.0732. The fourth-order valence-corrected chi connectivity index (χ4v) is 3.73. The standard InChI is InChI=1S/C19H31N3O4/c1-25-18-11-16(17(22(23)24)12-19(18)26-2)14-21(10-6-9-20)13-15-7-4-3-5-8-15/h11-12,15H,3-10,13-14,20H2,1-2H3. The van der Waals surface area contributed by atoms with E-state index in [0.717, 1.165) is 19.5 Å². The van der Waals surface area contributed by atoms with E-state index in [1.54, 1.807) is 13.2 Å². The summed E-state index contributed by atoms with van der Waals surface area (Å²) >= 11 is 0. The highest BCUT2D eigenvalue weighted by Crippen LogP contribution is 2.35. The average Bonchev–Trinajstić information content (AvgIpc) is 2.66. The third kappa shape index (κ3) is 5.57. The molecule has 0 unspecified atom stereocenters. The zero-order chi connectivity index (χ0) is 18.9. The number of benzene rings is 1. The lowest BCUT2D eigenvalue weighted by atomic mass is 9.89. The van der Waals surface area contributed by atoms with Crippen molar-refractivity contribution in [3.05, 3.63) is 27.8 Å². The van der Waals surface area contributed by atoms with Gasteiger partial charge in [0.05, 0.1) is 25.2 Å². The molecule has 1 aliphatic carbocycles. The molecule has 1 aliphatic rings. The summed E-state index contributed by atoms with van der Waals surface area (Å²) in [5.74, 6) is 1.56. The predicted molar refractivity (Wildman–Crippen MR) is 102 cm³/mol. The number of nitrogens with two attached hydrogens (primary N) is 1. The Morgan fingerprint density at radius 3 is 2.42 bits per heavy atom. The molecule has 0 aliphatic heterocycles. The van der Waals surface area contributed by atoms with Gasteiger partial charge < -0.3 is 15.2 Å². The van der Waals surface area contributed by atoms with Crippen molar-refractivity contribution in [3.63, 3.8) is 0 Å². The summed E-state index contributed by atoms with van der Waals surface area (Å²) in [5, 5.41) is 11.5. The normalized spacial score (nSPS) is 15.2. The first-order chi connectivity index (χ1) is 12.6. The van der Waals surface area contributed by atoms with E-state index in [1.165, 1.54) is 45.3 Å². The Labute approximate surface area is 155 Å². The van der Waals surface area contributed by atoms with Crippen LogP contribution in [0.2, 0.25) is 0 Å². The molecule has 0 amide bonds. The average molecular weight is 365 g/mol. The van der Waals surface area contributed by atoms with Crippen LogP contribution in [0.1, 0.15) is 44.1 Å². The second-order valence-electron chi connectivity index (χ2n) is 6.97. The second kappa shape index (κ2) is 10.3. The van der Waals surface area contributed by atoms with E-state index < -0.39 is 0 Å². The van der Waals surface area contributed by atoms with Crippen molar-refractivity contribution in [2.24, 2.45) is 11.7 Å². The summed E-state index contributed by atoms with van der Waals surface area (Å²) in [6.07, 6.45) is 7.26. The van der Waals surface area contributed by atoms with Gasteiger partial charge in [-0.15, -0.1) is 0 Å². The van der Waals surface area contributed by atoms with Crippen LogP contribution in [0.3, 0.4) is 0 Å². The molecule has 7 heteroatoms. The Morgan fingerprint density at radius 1 is 1.19 bits per heavy atom. The topological polar surface area (TPSA) is 90.9 Å². The van der Waals surface area contributed by atoms with E-state index in [2.05, 4.69) is 4.90 Å². The third-order valence-electron chi connectivity index (χ3n) is 5.10. The summed E-state index contributed by atoms with van der Waals surface area (Å²) in [7, 11) is 3.03. The molecule has 0 saturated heterocycles. The van der Waals surface area contributed by atoms with Crippen LogP contribution < -0.4 is 15.2 Å². The van der Waals surface area contributed by atoms with Gasteiger partial charge in [0.1, 0.15) is 0 Å². The van der Waals surface area contributed by atoms with Crippen LogP contribution in [-0.4, -0.2) is 43.7 Å². The van der Waals surface area contributed by atoms with E-state index in [9.17, 15) is 10.1 Å². The van der Waals surface area contributed by atoms with Gasteiger partial charge in [0.2, 0.25) is 0 Å². The van der Waals surface area contributed by atoms with Crippen LogP contribution >= 0.6 is 0 Å². The smallest absolute Gasteiger partial charge is 0.277 e. The number of methoxy groups -OCH3 is 2. The van der Waals surface area contributed by atoms with E-state index in [-0.39, 0.29) is 10.6 Å². The zero-order valence-corrected chi connectivity index (χ0v) is 15.9. The SMILES string of the molecule is COc1cc(CN(CCCN)CC2CCCCC2)c([N+](=O)[O-])cc1OC. The van der Waals surface area contributed by atoms with Crippen molar-refractivity contribution >= 4 is 5.69 Å². The van der Waals surface area contributed by atoms with Gasteiger partial charge in [-0.05, 0) is 44.3 Å². The largest absolute Gasteiger partial charge is 0.493 e. The van der Waals surface area contributed by atoms with Crippen molar-refractivity contribution in [2.45, 2.75) is 45.1 Å². The summed E-state index contributed by atoms with van der Waals surface area (Å²) in [6.45, 7) is 2.95. The van der Waals surface area contributed by atoms with Crippen LogP contribution in [-0.2, 0) is 6.54 Å². The lowest BCUT2D eigenvalue weighted by Gasteiger charge is -2.29. The molecule has 26 heavy (non-hydrogen) atoms. The molecule has 2 N–H and O–H groups in total. The predicted octanol–water partition coefficient (Wildman–Crippen LogP) is 3.34. The minimum atomic E-state index is -0.348. The van der Waals surface area contributed by atoms with Gasteiger partial charge >= 0.3 is 0 Å². The molecule has 0 bridgehead atoms. The van der Waals surface area contributed by atoms with Gasteiger partial charge in [0.15, 0.2) is 11.5 Å². The Balaban J connectivity index is 2.22. The number of nitrogens with zero attached hydrogens (tertiary/aromatic N) is 2. The fraction of sp³-hybridized carbons (Fsp3) is 0.684. The van der Waals surface area contributed by atoms with Gasteiger partial charge in [0, 0.05) is 18.7 Å². The molecular weight excluding hydrogens is 334 g/mol. The van der Waals surface area contributed by atoms with Crippen molar-refractivity contribution < 1.29 is 14.4 Å². The molecule has 0 radical (unpaired) electrons. The summed E-state index contributed by atoms with van der Waals surface area (Å²) in [4.78, 5) is 13.5. The van der Waals surface area contributed by atoms with Crippen LogP contribution in [0.4, 0.5) is 5.69 Å². The number of hydrogen-bond acceptors (Lipinski definition) is 6. The quantitative estimate of drug-likeness (QED) is 0.505. The molecule has 0 spiro atoms. The van der Waals surface area contributed by atoms with E-state index in [1.807, 2.05) is 0 Å². The van der Waals surface area contributed by atoms with Gasteiger partial charge in [-0.2, -0.15) is 0 Å². The molecule has 0 aromatic heterocycles. The van der Waals surface area contributed by atoms with Gasteiger partial charge in [-0.25, -0.2) is 0 Å². The fourth-order valence-electron chi connectivity index (χ4n) is 3.73. The Kier molecular flexibility index (Phi) is 8.12. The number of hydrogen-bond donors (Lipinski definition) is 1. The van der Waals surface area contributed by atoms with Crippen LogP contribution in [0.25, 0.3) is 0 Å². The van der Waals surface area contributed by atoms with Crippen LogP contribution in [0.15, 0.2) is 12.1 Å². The van der Waals surface area contributed by atoms with E-state index in [4.69, 9.17) is 15.2 Å². The molecule has 146 valence electrons. The maximum Gasteiger partial charge on any atom is 0.277 e. The molecule has 1 aromatic rings. The van der Waals surface area contributed by atoms with Crippen molar-refractivity contribution in [2.75, 3.05) is 33.9 Å². The first-order valence-corrected chi connectivity index (χ1v) is 9.40. The Hall–Kier alpha value is -1.86. The molecule has 0 atom stereocenters. The second-order valence-corrected chi connectivity index (χ2v) is 6.97. The van der Waals surface area contributed by atoms with Crippen molar-refractivity contribution in [3.8, 4) is 11.5 Å². The maximum absolute atomic E-state index is 11.5. The molecule has 1 fully saturated rings. The molecule has 1 aromatic carbocycles. The number of nitro groups is 1. The highest BCUT2D eigenvalue weighted by molar-refractivity contribution is 5.54. The van der Waals surface area contributed by atoms with Gasteiger partial charge in [0.25, 0.3) is 5.69 Å². The molecule has 7 nitrogen and oxygen atoms in total. The molecule has 0 heterocycles. The molecule has 2 rings (SSSR count). The number of nitro benzene ring substituents is 1. The maximum atomic E-state index is 11.5. The highest BCUT2D eigenvalue weighted by atomic mass is 16.6. The number of rotatable bonds is 10. The van der Waals surface area contributed by atoms with Crippen molar-refractivity contribution in [1.82, 2.24) is 4.90 Å². The van der Waals surface area contributed by atoms with E-state index >= 15 is 0 Å².